The van der Waals surface area contributed by atoms with E-state index >= 15 is 0 Å². The average Bonchev–Trinajstić information content (AvgIpc) is 2.16. The van der Waals surface area contributed by atoms with Crippen molar-refractivity contribution in [1.29, 1.82) is 0 Å². The SMILES string of the molecule is O=Cc1c(CBr)ncc(C(F)F)c1I. The van der Waals surface area contributed by atoms with Crippen molar-refractivity contribution >= 4 is 44.8 Å². The Morgan fingerprint density at radius 1 is 1.64 bits per heavy atom. The number of rotatable bonds is 3. The summed E-state index contributed by atoms with van der Waals surface area (Å²) in [5.74, 6) is 0. The van der Waals surface area contributed by atoms with Gasteiger partial charge in [-0.3, -0.25) is 9.78 Å². The summed E-state index contributed by atoms with van der Waals surface area (Å²) in [6.07, 6.45) is -0.940. The molecule has 0 unspecified atom stereocenters. The fourth-order valence-electron chi connectivity index (χ4n) is 0.934. The van der Waals surface area contributed by atoms with Gasteiger partial charge in [-0.15, -0.1) is 0 Å². The maximum atomic E-state index is 12.4. The van der Waals surface area contributed by atoms with E-state index in [1.165, 1.54) is 0 Å². The summed E-state index contributed by atoms with van der Waals surface area (Å²) in [5.41, 5.74) is 0.520. The highest BCUT2D eigenvalue weighted by Crippen LogP contribution is 2.27. The molecule has 0 saturated heterocycles. The normalized spacial score (nSPS) is 10.6. The van der Waals surface area contributed by atoms with Crippen molar-refractivity contribution in [2.45, 2.75) is 11.8 Å². The van der Waals surface area contributed by atoms with Gasteiger partial charge in [-0.05, 0) is 22.6 Å². The van der Waals surface area contributed by atoms with E-state index in [1.54, 1.807) is 22.6 Å². The van der Waals surface area contributed by atoms with Crippen LogP contribution in [0.25, 0.3) is 0 Å². The van der Waals surface area contributed by atoms with Gasteiger partial charge in [0.1, 0.15) is 0 Å². The molecule has 0 aliphatic rings. The van der Waals surface area contributed by atoms with E-state index in [-0.39, 0.29) is 14.7 Å². The van der Waals surface area contributed by atoms with Crippen LogP contribution >= 0.6 is 38.5 Å². The van der Waals surface area contributed by atoms with Crippen LogP contribution in [-0.4, -0.2) is 11.3 Å². The van der Waals surface area contributed by atoms with E-state index in [2.05, 4.69) is 20.9 Å². The van der Waals surface area contributed by atoms with Gasteiger partial charge in [-0.1, -0.05) is 15.9 Å². The fourth-order valence-corrected chi connectivity index (χ4v) is 2.19. The van der Waals surface area contributed by atoms with Crippen molar-refractivity contribution < 1.29 is 13.6 Å². The van der Waals surface area contributed by atoms with Crippen LogP contribution in [0.15, 0.2) is 6.20 Å². The maximum absolute atomic E-state index is 12.4. The Kier molecular flexibility index (Phi) is 4.36. The Hall–Kier alpha value is -0.110. The lowest BCUT2D eigenvalue weighted by Crippen LogP contribution is -2.02. The summed E-state index contributed by atoms with van der Waals surface area (Å²) in [6, 6.07) is 0. The molecule has 6 heteroatoms. The minimum atomic E-state index is -2.60. The molecule has 0 spiro atoms. The van der Waals surface area contributed by atoms with Crippen molar-refractivity contribution in [2.24, 2.45) is 0 Å². The number of carbonyl (C=O) groups excluding carboxylic acids is 1. The Balaban J connectivity index is 3.34. The van der Waals surface area contributed by atoms with Crippen LogP contribution in [0.2, 0.25) is 0 Å². The van der Waals surface area contributed by atoms with Crippen molar-refractivity contribution in [3.05, 3.63) is 26.6 Å². The van der Waals surface area contributed by atoms with Gasteiger partial charge in [0.2, 0.25) is 0 Å². The number of aldehydes is 1. The van der Waals surface area contributed by atoms with Crippen molar-refractivity contribution in [2.75, 3.05) is 0 Å². The third-order valence-corrected chi connectivity index (χ3v) is 3.37. The quantitative estimate of drug-likeness (QED) is 0.461. The second kappa shape index (κ2) is 5.11. The highest BCUT2D eigenvalue weighted by atomic mass is 127. The van der Waals surface area contributed by atoms with Crippen molar-refractivity contribution in [3.63, 3.8) is 0 Å². The number of pyridine rings is 1. The number of hydrogen-bond acceptors (Lipinski definition) is 2. The van der Waals surface area contributed by atoms with Crippen LogP contribution in [0.3, 0.4) is 0 Å². The third-order valence-electron chi connectivity index (χ3n) is 1.64. The molecule has 1 heterocycles. The second-order valence-corrected chi connectivity index (χ2v) is 4.08. The molecule has 0 amide bonds. The van der Waals surface area contributed by atoms with Crippen molar-refractivity contribution in [3.8, 4) is 0 Å². The monoisotopic (exact) mass is 375 g/mol. The van der Waals surface area contributed by atoms with E-state index in [0.29, 0.717) is 17.3 Å². The molecule has 14 heavy (non-hydrogen) atoms. The van der Waals surface area contributed by atoms with Crippen LogP contribution in [0, 0.1) is 3.57 Å². The minimum absolute atomic E-state index is 0.197. The van der Waals surface area contributed by atoms with Crippen LogP contribution in [-0.2, 0) is 5.33 Å². The first-order chi connectivity index (χ1) is 6.61. The Bertz CT molecular complexity index is 359. The molecule has 76 valence electrons. The van der Waals surface area contributed by atoms with Crippen LogP contribution in [0.5, 0.6) is 0 Å². The van der Waals surface area contributed by atoms with Gasteiger partial charge >= 0.3 is 0 Å². The topological polar surface area (TPSA) is 30.0 Å². The van der Waals surface area contributed by atoms with E-state index in [0.717, 1.165) is 6.20 Å². The first kappa shape index (κ1) is 12.0. The number of alkyl halides is 3. The number of hydrogen-bond donors (Lipinski definition) is 0. The molecule has 1 rings (SSSR count). The summed E-state index contributed by atoms with van der Waals surface area (Å²) in [4.78, 5) is 14.5. The summed E-state index contributed by atoms with van der Waals surface area (Å²) < 4.78 is 25.1. The molecule has 1 aromatic rings. The summed E-state index contributed by atoms with van der Waals surface area (Å²) in [5, 5.41) is 0.376. The molecule has 0 N–H and O–H groups in total. The highest BCUT2D eigenvalue weighted by molar-refractivity contribution is 14.1. The largest absolute Gasteiger partial charge is 0.298 e. The molecule has 0 aromatic carbocycles. The predicted molar refractivity (Wildman–Crippen MR) is 59.9 cm³/mol. The first-order valence-electron chi connectivity index (χ1n) is 3.58. The molecule has 1 aromatic heterocycles. The zero-order chi connectivity index (χ0) is 10.7. The molecule has 0 saturated carbocycles. The smallest absolute Gasteiger partial charge is 0.266 e. The average molecular weight is 376 g/mol. The van der Waals surface area contributed by atoms with Gasteiger partial charge in [0, 0.05) is 15.1 Å². The molecule has 0 radical (unpaired) electrons. The molecule has 0 aliphatic heterocycles. The van der Waals surface area contributed by atoms with Gasteiger partial charge in [0.05, 0.1) is 16.8 Å². The summed E-state index contributed by atoms with van der Waals surface area (Å²) in [6.45, 7) is 0. The van der Waals surface area contributed by atoms with Gasteiger partial charge < -0.3 is 0 Å². The van der Waals surface area contributed by atoms with E-state index in [1.807, 2.05) is 0 Å². The van der Waals surface area contributed by atoms with Crippen molar-refractivity contribution in [1.82, 2.24) is 4.98 Å². The molecule has 0 bridgehead atoms. The second-order valence-electron chi connectivity index (χ2n) is 2.44. The Morgan fingerprint density at radius 2 is 2.29 bits per heavy atom. The zero-order valence-corrected chi connectivity index (χ0v) is 10.5. The lowest BCUT2D eigenvalue weighted by molar-refractivity contribution is 0.112. The Labute approximate surface area is 101 Å². The number of carbonyl (C=O) groups is 1. The molecule has 0 aliphatic carbocycles. The van der Waals surface area contributed by atoms with Gasteiger partial charge in [-0.25, -0.2) is 8.78 Å². The lowest BCUT2D eigenvalue weighted by atomic mass is 10.1. The molecular formula is C8H5BrF2INO. The maximum Gasteiger partial charge on any atom is 0.266 e. The van der Waals surface area contributed by atoms with Gasteiger partial charge in [0.15, 0.2) is 6.29 Å². The van der Waals surface area contributed by atoms with Crippen LogP contribution in [0.1, 0.15) is 28.0 Å². The minimum Gasteiger partial charge on any atom is -0.298 e. The number of aromatic nitrogens is 1. The zero-order valence-electron chi connectivity index (χ0n) is 6.81. The molecule has 2 nitrogen and oxygen atoms in total. The van der Waals surface area contributed by atoms with Crippen LogP contribution in [0.4, 0.5) is 8.78 Å². The lowest BCUT2D eigenvalue weighted by Gasteiger charge is -2.07. The van der Waals surface area contributed by atoms with E-state index in [9.17, 15) is 13.6 Å². The summed E-state index contributed by atoms with van der Waals surface area (Å²) >= 11 is 4.87. The third kappa shape index (κ3) is 2.28. The number of nitrogens with zero attached hydrogens (tertiary/aromatic N) is 1. The molecule has 0 fully saturated rings. The molecule has 0 atom stereocenters. The Morgan fingerprint density at radius 3 is 2.71 bits per heavy atom. The van der Waals surface area contributed by atoms with Gasteiger partial charge in [-0.2, -0.15) is 0 Å². The van der Waals surface area contributed by atoms with Crippen LogP contribution < -0.4 is 0 Å². The highest BCUT2D eigenvalue weighted by Gasteiger charge is 2.17. The number of halogens is 4. The first-order valence-corrected chi connectivity index (χ1v) is 5.78. The van der Waals surface area contributed by atoms with Gasteiger partial charge in [0.25, 0.3) is 6.43 Å². The standard InChI is InChI=1S/C8H5BrF2INO/c9-1-6-5(3-14)7(12)4(2-13-6)8(10)11/h2-3,8H,1H2. The van der Waals surface area contributed by atoms with E-state index in [4.69, 9.17) is 0 Å². The molecular weight excluding hydrogens is 371 g/mol. The predicted octanol–water partition coefficient (Wildman–Crippen LogP) is 3.33. The fraction of sp³-hybridized carbons (Fsp3) is 0.250. The summed E-state index contributed by atoms with van der Waals surface area (Å²) in [7, 11) is 0. The van der Waals surface area contributed by atoms with E-state index < -0.39 is 6.43 Å².